The Hall–Kier alpha value is -4.21. The van der Waals surface area contributed by atoms with Gasteiger partial charge in [-0.25, -0.2) is 4.79 Å². The molecule has 0 saturated heterocycles. The van der Waals surface area contributed by atoms with Crippen LogP contribution in [0.2, 0.25) is 0 Å². The lowest BCUT2D eigenvalue weighted by molar-refractivity contribution is -0.143. The molecule has 2 aromatic rings. The highest BCUT2D eigenvalue weighted by atomic mass is 16.4. The van der Waals surface area contributed by atoms with Crippen molar-refractivity contribution in [3.63, 3.8) is 0 Å². The Morgan fingerprint density at radius 2 is 1.51 bits per heavy atom. The lowest BCUT2D eigenvalue weighted by Crippen LogP contribution is -2.57. The molecule has 0 radical (unpaired) electrons. The summed E-state index contributed by atoms with van der Waals surface area (Å²) in [6, 6.07) is 2.83. The summed E-state index contributed by atoms with van der Waals surface area (Å²) in [6.07, 6.45) is 3.67. The number of aliphatic hydroxyl groups is 1. The molecule has 0 aliphatic carbocycles. The maximum absolute atomic E-state index is 13.3. The number of para-hydroxylation sites is 1. The molecule has 1 aromatic heterocycles. The van der Waals surface area contributed by atoms with Crippen molar-refractivity contribution in [1.29, 1.82) is 0 Å². The van der Waals surface area contributed by atoms with Crippen molar-refractivity contribution >= 4 is 40.6 Å². The van der Waals surface area contributed by atoms with Crippen molar-refractivity contribution in [3.8, 4) is 0 Å². The SMILES string of the molecule is NCCCCC(NC(=O)C(N)Cc1c[nH]c2ccccc12)C(=O)NC(CCCN=C(N)N)C(=O)NC(CO)C(=O)O. The molecule has 4 atom stereocenters. The smallest absolute Gasteiger partial charge is 0.328 e. The van der Waals surface area contributed by atoms with E-state index in [-0.39, 0.29) is 38.2 Å². The van der Waals surface area contributed by atoms with Crippen LogP contribution >= 0.6 is 0 Å². The number of unbranched alkanes of at least 4 members (excludes halogenated alkanes) is 1. The number of carboxylic acids is 1. The third-order valence-electron chi connectivity index (χ3n) is 6.41. The van der Waals surface area contributed by atoms with Crippen molar-refractivity contribution in [3.05, 3.63) is 36.0 Å². The summed E-state index contributed by atoms with van der Waals surface area (Å²) in [7, 11) is 0. The van der Waals surface area contributed by atoms with Crippen LogP contribution in [0.4, 0.5) is 0 Å². The number of rotatable bonds is 18. The number of aliphatic carboxylic acids is 1. The monoisotopic (exact) mass is 575 g/mol. The van der Waals surface area contributed by atoms with Crippen LogP contribution in [0.5, 0.6) is 0 Å². The second-order valence-corrected chi connectivity index (χ2v) is 9.61. The molecule has 15 nitrogen and oxygen atoms in total. The van der Waals surface area contributed by atoms with Gasteiger partial charge in [-0.15, -0.1) is 0 Å². The fourth-order valence-electron chi connectivity index (χ4n) is 4.17. The van der Waals surface area contributed by atoms with Gasteiger partial charge in [-0.3, -0.25) is 19.4 Å². The largest absolute Gasteiger partial charge is 0.480 e. The number of amides is 3. The van der Waals surface area contributed by atoms with Crippen LogP contribution in [0.1, 0.15) is 37.7 Å². The van der Waals surface area contributed by atoms with Gasteiger partial charge in [-0.1, -0.05) is 18.2 Å². The summed E-state index contributed by atoms with van der Waals surface area (Å²) in [5.74, 6) is -3.63. The number of carboxylic acid groups (broad SMARTS) is 1. The molecule has 3 amide bonds. The molecular formula is C26H41N9O6. The first kappa shape index (κ1) is 33.0. The summed E-state index contributed by atoms with van der Waals surface area (Å²) >= 11 is 0. The molecule has 4 unspecified atom stereocenters. The van der Waals surface area contributed by atoms with E-state index in [0.29, 0.717) is 19.4 Å². The van der Waals surface area contributed by atoms with Gasteiger partial charge >= 0.3 is 5.97 Å². The van der Waals surface area contributed by atoms with Crippen molar-refractivity contribution in [2.75, 3.05) is 19.7 Å². The van der Waals surface area contributed by atoms with Gasteiger partial charge in [0.25, 0.3) is 0 Å². The van der Waals surface area contributed by atoms with E-state index < -0.39 is 54.5 Å². The highest BCUT2D eigenvalue weighted by Gasteiger charge is 2.30. The third-order valence-corrected chi connectivity index (χ3v) is 6.41. The van der Waals surface area contributed by atoms with E-state index in [4.69, 9.17) is 22.9 Å². The summed E-state index contributed by atoms with van der Waals surface area (Å²) in [6.45, 7) is -0.304. The molecule has 0 aliphatic heterocycles. The van der Waals surface area contributed by atoms with Crippen LogP contribution in [0.3, 0.4) is 0 Å². The van der Waals surface area contributed by atoms with E-state index in [1.807, 2.05) is 24.3 Å². The molecule has 14 N–H and O–H groups in total. The number of carbonyl (C=O) groups excluding carboxylic acids is 3. The highest BCUT2D eigenvalue weighted by Crippen LogP contribution is 2.19. The minimum atomic E-state index is -1.57. The second kappa shape index (κ2) is 16.8. The number of guanidine groups is 1. The maximum Gasteiger partial charge on any atom is 0.328 e. The van der Waals surface area contributed by atoms with Gasteiger partial charge in [-0.05, 0) is 56.7 Å². The number of nitrogens with two attached hydrogens (primary N) is 4. The van der Waals surface area contributed by atoms with E-state index in [2.05, 4.69) is 25.9 Å². The Morgan fingerprint density at radius 3 is 2.12 bits per heavy atom. The number of nitrogens with zero attached hydrogens (tertiary/aromatic N) is 1. The number of benzene rings is 1. The number of aromatic amines is 1. The van der Waals surface area contributed by atoms with Crippen LogP contribution in [0, 0.1) is 0 Å². The fraction of sp³-hybridized carbons (Fsp3) is 0.500. The molecule has 0 aliphatic rings. The predicted molar refractivity (Wildman–Crippen MR) is 153 cm³/mol. The molecule has 15 heteroatoms. The van der Waals surface area contributed by atoms with Gasteiger partial charge in [0, 0.05) is 23.6 Å². The normalized spacial score (nSPS) is 13.9. The molecule has 2 rings (SSSR count). The number of hydrogen-bond acceptors (Lipinski definition) is 8. The average molecular weight is 576 g/mol. The summed E-state index contributed by atoms with van der Waals surface area (Å²) < 4.78 is 0. The van der Waals surface area contributed by atoms with Gasteiger partial charge in [0.1, 0.15) is 18.1 Å². The molecular weight excluding hydrogens is 534 g/mol. The molecule has 0 spiro atoms. The zero-order valence-electron chi connectivity index (χ0n) is 22.8. The molecule has 0 saturated carbocycles. The summed E-state index contributed by atoms with van der Waals surface area (Å²) in [4.78, 5) is 57.5. The predicted octanol–water partition coefficient (Wildman–Crippen LogP) is -2.25. The number of H-pyrrole nitrogens is 1. The summed E-state index contributed by atoms with van der Waals surface area (Å²) in [5.41, 5.74) is 24.2. The lowest BCUT2D eigenvalue weighted by Gasteiger charge is -2.25. The Bertz CT molecular complexity index is 1200. The van der Waals surface area contributed by atoms with E-state index >= 15 is 0 Å². The van der Waals surface area contributed by atoms with Crippen molar-refractivity contribution in [2.45, 2.75) is 62.7 Å². The Morgan fingerprint density at radius 1 is 0.902 bits per heavy atom. The quantitative estimate of drug-likeness (QED) is 0.0518. The minimum Gasteiger partial charge on any atom is -0.480 e. The van der Waals surface area contributed by atoms with Crippen LogP contribution in [-0.2, 0) is 25.6 Å². The third kappa shape index (κ3) is 10.7. The average Bonchev–Trinajstić information content (AvgIpc) is 3.34. The minimum absolute atomic E-state index is 0.0513. The maximum atomic E-state index is 13.3. The Kier molecular flexibility index (Phi) is 13.5. The first-order valence-corrected chi connectivity index (χ1v) is 13.4. The van der Waals surface area contributed by atoms with Gasteiger partial charge in [-0.2, -0.15) is 0 Å². The van der Waals surface area contributed by atoms with E-state index in [9.17, 15) is 29.4 Å². The number of nitrogens with one attached hydrogen (secondary N) is 4. The molecule has 226 valence electrons. The molecule has 1 aromatic carbocycles. The van der Waals surface area contributed by atoms with Crippen molar-refractivity contribution < 1.29 is 29.4 Å². The van der Waals surface area contributed by atoms with Gasteiger partial charge in [0.15, 0.2) is 5.96 Å². The number of carbonyl (C=O) groups is 4. The van der Waals surface area contributed by atoms with Crippen LogP contribution in [0.15, 0.2) is 35.5 Å². The van der Waals surface area contributed by atoms with Gasteiger partial charge in [0.2, 0.25) is 17.7 Å². The Labute approximate surface area is 237 Å². The first-order valence-electron chi connectivity index (χ1n) is 13.4. The van der Waals surface area contributed by atoms with Crippen molar-refractivity contribution in [2.24, 2.45) is 27.9 Å². The molecule has 41 heavy (non-hydrogen) atoms. The lowest BCUT2D eigenvalue weighted by atomic mass is 10.0. The first-order chi connectivity index (χ1) is 19.6. The number of fused-ring (bicyclic) bond motifs is 1. The van der Waals surface area contributed by atoms with E-state index in [1.54, 1.807) is 6.20 Å². The van der Waals surface area contributed by atoms with Gasteiger partial charge < -0.3 is 54.1 Å². The molecule has 0 fully saturated rings. The van der Waals surface area contributed by atoms with E-state index in [0.717, 1.165) is 16.5 Å². The van der Waals surface area contributed by atoms with Crippen molar-refractivity contribution in [1.82, 2.24) is 20.9 Å². The number of aliphatic hydroxyl groups excluding tert-OH is 1. The topological polar surface area (TPSA) is 277 Å². The second-order valence-electron chi connectivity index (χ2n) is 9.61. The molecule has 0 bridgehead atoms. The summed E-state index contributed by atoms with van der Waals surface area (Å²) in [5, 5.41) is 26.9. The van der Waals surface area contributed by atoms with Crippen LogP contribution < -0.4 is 38.9 Å². The van der Waals surface area contributed by atoms with Gasteiger partial charge in [0.05, 0.1) is 12.6 Å². The highest BCUT2D eigenvalue weighted by molar-refractivity contribution is 5.94. The van der Waals surface area contributed by atoms with Crippen LogP contribution in [-0.4, -0.2) is 88.7 Å². The standard InChI is InChI=1S/C26H41N9O6/c27-10-4-3-8-19(33-22(37)17(28)12-15-13-32-18-7-2-1-6-16(15)18)23(38)34-20(9-5-11-31-26(29)30)24(39)35-21(14-36)25(40)41/h1-2,6-7,13,17,19-21,32,36H,3-5,8-12,14,27-28H2,(H,33,37)(H,34,38)(H,35,39)(H,40,41)(H4,29,30,31). The van der Waals surface area contributed by atoms with E-state index in [1.165, 1.54) is 0 Å². The number of aromatic nitrogens is 1. The fourth-order valence-corrected chi connectivity index (χ4v) is 4.17. The molecule has 1 heterocycles. The zero-order valence-corrected chi connectivity index (χ0v) is 22.8. The number of hydrogen-bond donors (Lipinski definition) is 10. The Balaban J connectivity index is 2.14. The number of aliphatic imine (C=N–C) groups is 1. The van der Waals surface area contributed by atoms with Crippen LogP contribution in [0.25, 0.3) is 10.9 Å². The zero-order chi connectivity index (χ0) is 30.4.